The fourth-order valence-electron chi connectivity index (χ4n) is 1.12. The first-order chi connectivity index (χ1) is 7.51. The number of hydrogen-bond acceptors (Lipinski definition) is 2. The Morgan fingerprint density at radius 2 is 1.69 bits per heavy atom. The molecule has 90 valence electrons. The summed E-state index contributed by atoms with van der Waals surface area (Å²) in [6, 6.07) is 0.126. The summed E-state index contributed by atoms with van der Waals surface area (Å²) in [5.74, 6) is -7.16. The molecule has 0 aliphatic rings. The highest BCUT2D eigenvalue weighted by Gasteiger charge is 2.22. The van der Waals surface area contributed by atoms with Gasteiger partial charge in [-0.05, 0) is 6.42 Å². The number of halogens is 4. The molecular weight excluding hydrogens is 226 g/mol. The molecule has 0 heterocycles. The number of benzene rings is 1. The molecule has 0 fully saturated rings. The molecule has 0 aromatic heterocycles. The minimum atomic E-state index is -1.55. The molecule has 0 aliphatic heterocycles. The van der Waals surface area contributed by atoms with Crippen LogP contribution in [0.1, 0.15) is 13.3 Å². The highest BCUT2D eigenvalue weighted by molar-refractivity contribution is 5.28. The maximum atomic E-state index is 13.1. The third-order valence-corrected chi connectivity index (χ3v) is 2.07. The van der Waals surface area contributed by atoms with E-state index in [0.29, 0.717) is 6.42 Å². The van der Waals surface area contributed by atoms with Crippen LogP contribution in [0.3, 0.4) is 0 Å². The molecule has 0 spiro atoms. The van der Waals surface area contributed by atoms with Crippen molar-refractivity contribution < 1.29 is 22.3 Å². The molecule has 1 atom stereocenters. The highest BCUT2D eigenvalue weighted by atomic mass is 19.2. The van der Waals surface area contributed by atoms with E-state index >= 15 is 0 Å². The lowest BCUT2D eigenvalue weighted by atomic mass is 10.2. The lowest BCUT2D eigenvalue weighted by molar-refractivity contribution is 0.181. The van der Waals surface area contributed by atoms with Crippen LogP contribution in [-0.2, 0) is 0 Å². The summed E-state index contributed by atoms with van der Waals surface area (Å²) in [5.41, 5.74) is 5.25. The predicted molar refractivity (Wildman–Crippen MR) is 50.0 cm³/mol. The molecule has 2 N–H and O–H groups in total. The van der Waals surface area contributed by atoms with Crippen molar-refractivity contribution in [3.63, 3.8) is 0 Å². The molecule has 2 nitrogen and oxygen atoms in total. The van der Waals surface area contributed by atoms with Crippen LogP contribution in [0.4, 0.5) is 17.6 Å². The first-order valence-electron chi connectivity index (χ1n) is 4.70. The molecule has 1 unspecified atom stereocenters. The van der Waals surface area contributed by atoms with Crippen LogP contribution >= 0.6 is 0 Å². The Balaban J connectivity index is 3.11. The van der Waals surface area contributed by atoms with Gasteiger partial charge in [-0.15, -0.1) is 0 Å². The molecule has 0 radical (unpaired) electrons. The molecular formula is C10H11F4NO. The summed E-state index contributed by atoms with van der Waals surface area (Å²) >= 11 is 0. The SMILES string of the molecule is CCC(CN)Oc1c(F)c(F)cc(F)c1F. The highest BCUT2D eigenvalue weighted by Crippen LogP contribution is 2.27. The van der Waals surface area contributed by atoms with E-state index in [2.05, 4.69) is 0 Å². The van der Waals surface area contributed by atoms with Gasteiger partial charge < -0.3 is 10.5 Å². The summed E-state index contributed by atoms with van der Waals surface area (Å²) in [7, 11) is 0. The third-order valence-electron chi connectivity index (χ3n) is 2.07. The van der Waals surface area contributed by atoms with Crippen molar-refractivity contribution >= 4 is 0 Å². The van der Waals surface area contributed by atoms with E-state index in [0.717, 1.165) is 0 Å². The van der Waals surface area contributed by atoms with Gasteiger partial charge in [-0.25, -0.2) is 8.78 Å². The molecule has 1 aromatic rings. The monoisotopic (exact) mass is 237 g/mol. The van der Waals surface area contributed by atoms with Gasteiger partial charge in [-0.3, -0.25) is 0 Å². The molecule has 0 aliphatic carbocycles. The lowest BCUT2D eigenvalue weighted by Gasteiger charge is -2.16. The van der Waals surface area contributed by atoms with E-state index < -0.39 is 35.1 Å². The maximum absolute atomic E-state index is 13.1. The average molecular weight is 237 g/mol. The summed E-state index contributed by atoms with van der Waals surface area (Å²) in [5, 5.41) is 0. The van der Waals surface area contributed by atoms with Crippen LogP contribution in [0.15, 0.2) is 6.07 Å². The van der Waals surface area contributed by atoms with Crippen molar-refractivity contribution in [1.29, 1.82) is 0 Å². The second-order valence-electron chi connectivity index (χ2n) is 3.18. The quantitative estimate of drug-likeness (QED) is 0.644. The fourth-order valence-corrected chi connectivity index (χ4v) is 1.12. The van der Waals surface area contributed by atoms with Crippen molar-refractivity contribution in [1.82, 2.24) is 0 Å². The minimum Gasteiger partial charge on any atom is -0.483 e. The predicted octanol–water partition coefficient (Wildman–Crippen LogP) is 2.36. The van der Waals surface area contributed by atoms with Gasteiger partial charge >= 0.3 is 0 Å². The van der Waals surface area contributed by atoms with E-state index in [1.54, 1.807) is 6.92 Å². The number of rotatable bonds is 4. The Morgan fingerprint density at radius 1 is 1.19 bits per heavy atom. The normalized spacial score (nSPS) is 12.6. The van der Waals surface area contributed by atoms with Crippen molar-refractivity contribution in [3.05, 3.63) is 29.3 Å². The van der Waals surface area contributed by atoms with Gasteiger partial charge in [-0.1, -0.05) is 6.92 Å². The van der Waals surface area contributed by atoms with Crippen molar-refractivity contribution in [2.75, 3.05) is 6.54 Å². The van der Waals surface area contributed by atoms with Crippen LogP contribution in [0.2, 0.25) is 0 Å². The van der Waals surface area contributed by atoms with Gasteiger partial charge in [0.05, 0.1) is 0 Å². The van der Waals surface area contributed by atoms with E-state index in [9.17, 15) is 17.6 Å². The average Bonchev–Trinajstić information content (AvgIpc) is 2.27. The number of ether oxygens (including phenoxy) is 1. The maximum Gasteiger partial charge on any atom is 0.203 e. The number of nitrogens with two attached hydrogens (primary N) is 1. The van der Waals surface area contributed by atoms with Gasteiger partial charge in [0, 0.05) is 12.6 Å². The van der Waals surface area contributed by atoms with Crippen LogP contribution in [0.25, 0.3) is 0 Å². The second-order valence-corrected chi connectivity index (χ2v) is 3.18. The Labute approximate surface area is 90.0 Å². The second kappa shape index (κ2) is 5.16. The fraction of sp³-hybridized carbons (Fsp3) is 0.400. The van der Waals surface area contributed by atoms with Crippen molar-refractivity contribution in [2.24, 2.45) is 5.73 Å². The van der Waals surface area contributed by atoms with E-state index in [1.165, 1.54) is 0 Å². The van der Waals surface area contributed by atoms with Crippen LogP contribution < -0.4 is 10.5 Å². The van der Waals surface area contributed by atoms with E-state index in [1.807, 2.05) is 0 Å². The zero-order valence-electron chi connectivity index (χ0n) is 8.57. The number of hydrogen-bond donors (Lipinski definition) is 1. The Morgan fingerprint density at radius 3 is 2.06 bits per heavy atom. The molecule has 6 heteroatoms. The standard InChI is InChI=1S/C10H11F4NO/c1-2-5(4-15)16-10-8(13)6(11)3-7(12)9(10)14/h3,5H,2,4,15H2,1H3. The zero-order chi connectivity index (χ0) is 12.3. The Bertz CT molecular complexity index is 353. The smallest absolute Gasteiger partial charge is 0.203 e. The van der Waals surface area contributed by atoms with E-state index in [4.69, 9.17) is 10.5 Å². The first kappa shape index (κ1) is 12.8. The lowest BCUT2D eigenvalue weighted by Crippen LogP contribution is -2.26. The Hall–Kier alpha value is -1.30. The topological polar surface area (TPSA) is 35.2 Å². The molecule has 0 amide bonds. The van der Waals surface area contributed by atoms with Crippen LogP contribution in [0, 0.1) is 23.3 Å². The Kier molecular flexibility index (Phi) is 4.12. The van der Waals surface area contributed by atoms with Gasteiger partial charge in [0.2, 0.25) is 11.6 Å². The molecule has 16 heavy (non-hydrogen) atoms. The third kappa shape index (κ3) is 2.44. The first-order valence-corrected chi connectivity index (χ1v) is 4.70. The molecule has 0 bridgehead atoms. The summed E-state index contributed by atoms with van der Waals surface area (Å²) in [4.78, 5) is 0. The van der Waals surface area contributed by atoms with Gasteiger partial charge in [0.15, 0.2) is 17.4 Å². The molecule has 1 rings (SSSR count). The van der Waals surface area contributed by atoms with E-state index in [-0.39, 0.29) is 12.6 Å². The molecule has 0 saturated carbocycles. The molecule has 1 aromatic carbocycles. The summed E-state index contributed by atoms with van der Waals surface area (Å²) in [6.07, 6.45) is -0.321. The minimum absolute atomic E-state index is 0.00644. The largest absolute Gasteiger partial charge is 0.483 e. The van der Waals surface area contributed by atoms with Gasteiger partial charge in [-0.2, -0.15) is 8.78 Å². The van der Waals surface area contributed by atoms with Crippen molar-refractivity contribution in [3.8, 4) is 5.75 Å². The van der Waals surface area contributed by atoms with Gasteiger partial charge in [0.25, 0.3) is 0 Å². The van der Waals surface area contributed by atoms with Crippen molar-refractivity contribution in [2.45, 2.75) is 19.4 Å². The molecule has 0 saturated heterocycles. The zero-order valence-corrected chi connectivity index (χ0v) is 8.57. The van der Waals surface area contributed by atoms with Crippen LogP contribution in [-0.4, -0.2) is 12.6 Å². The van der Waals surface area contributed by atoms with Gasteiger partial charge in [0.1, 0.15) is 6.10 Å². The van der Waals surface area contributed by atoms with Crippen LogP contribution in [0.5, 0.6) is 5.75 Å². The summed E-state index contributed by atoms with van der Waals surface area (Å²) < 4.78 is 56.6. The summed E-state index contributed by atoms with van der Waals surface area (Å²) in [6.45, 7) is 1.66.